The van der Waals surface area contributed by atoms with Crippen LogP contribution in [0.1, 0.15) is 37.8 Å². The second-order valence-electron chi connectivity index (χ2n) is 5.43. The molecule has 1 aromatic carbocycles. The maximum atomic E-state index is 3.69. The highest BCUT2D eigenvalue weighted by Crippen LogP contribution is 2.49. The van der Waals surface area contributed by atoms with Gasteiger partial charge in [-0.15, -0.1) is 0 Å². The van der Waals surface area contributed by atoms with Gasteiger partial charge in [0, 0.05) is 16.2 Å². The van der Waals surface area contributed by atoms with Gasteiger partial charge in [0.2, 0.25) is 0 Å². The first-order chi connectivity index (χ1) is 7.42. The van der Waals surface area contributed by atoms with Gasteiger partial charge in [-0.25, -0.2) is 0 Å². The van der Waals surface area contributed by atoms with E-state index in [9.17, 15) is 0 Å². The number of halogens is 1. The maximum Gasteiger partial charge on any atom is 0.0402 e. The van der Waals surface area contributed by atoms with E-state index < -0.39 is 0 Å². The molecule has 0 heterocycles. The minimum Gasteiger partial charge on any atom is -0.382 e. The number of benzene rings is 1. The summed E-state index contributed by atoms with van der Waals surface area (Å²) in [5.41, 5.74) is 4.47. The van der Waals surface area contributed by atoms with Crippen LogP contribution in [-0.4, -0.2) is 6.04 Å². The van der Waals surface area contributed by atoms with Crippen molar-refractivity contribution in [2.24, 2.45) is 5.41 Å². The maximum absolute atomic E-state index is 3.69. The lowest BCUT2D eigenvalue weighted by atomic mass is 9.99. The molecule has 0 bridgehead atoms. The van der Waals surface area contributed by atoms with Crippen molar-refractivity contribution in [2.75, 3.05) is 5.32 Å². The second-order valence-corrected chi connectivity index (χ2v) is 6.35. The van der Waals surface area contributed by atoms with E-state index in [2.05, 4.69) is 61.1 Å². The average molecular weight is 282 g/mol. The lowest BCUT2D eigenvalue weighted by Crippen LogP contribution is -2.25. The van der Waals surface area contributed by atoms with E-state index >= 15 is 0 Å². The van der Waals surface area contributed by atoms with E-state index in [0.29, 0.717) is 11.5 Å². The molecule has 1 aliphatic carbocycles. The second kappa shape index (κ2) is 4.06. The van der Waals surface area contributed by atoms with Gasteiger partial charge >= 0.3 is 0 Å². The summed E-state index contributed by atoms with van der Waals surface area (Å²) in [7, 11) is 0. The van der Waals surface area contributed by atoms with Gasteiger partial charge in [-0.1, -0.05) is 22.9 Å². The van der Waals surface area contributed by atoms with Gasteiger partial charge in [0.05, 0.1) is 0 Å². The topological polar surface area (TPSA) is 12.0 Å². The first-order valence-corrected chi connectivity index (χ1v) is 6.75. The quantitative estimate of drug-likeness (QED) is 0.849. The third-order valence-corrected chi connectivity index (χ3v) is 4.40. The lowest BCUT2D eigenvalue weighted by Gasteiger charge is -2.24. The number of hydrogen-bond acceptors (Lipinski definition) is 1. The summed E-state index contributed by atoms with van der Waals surface area (Å²) in [5, 5.41) is 3.69. The first kappa shape index (κ1) is 12.0. The van der Waals surface area contributed by atoms with Gasteiger partial charge in [0.25, 0.3) is 0 Å². The summed E-state index contributed by atoms with van der Waals surface area (Å²) < 4.78 is 1.17. The van der Waals surface area contributed by atoms with Crippen LogP contribution >= 0.6 is 15.9 Å². The number of rotatable bonds is 3. The minimum absolute atomic E-state index is 0.520. The molecule has 0 saturated heterocycles. The van der Waals surface area contributed by atoms with Crippen molar-refractivity contribution in [3.63, 3.8) is 0 Å². The van der Waals surface area contributed by atoms with E-state index in [1.807, 2.05) is 0 Å². The van der Waals surface area contributed by atoms with Crippen LogP contribution in [-0.2, 0) is 0 Å². The SMILES string of the molecule is Cc1cc(Br)cc(C)c1NC(C)C1(C)CC1. The van der Waals surface area contributed by atoms with Gasteiger partial charge in [-0.3, -0.25) is 0 Å². The number of aryl methyl sites for hydroxylation is 2. The molecule has 0 aliphatic heterocycles. The fourth-order valence-corrected chi connectivity index (χ4v) is 2.85. The standard InChI is InChI=1S/C14H20BrN/c1-9-7-12(15)8-10(2)13(9)16-11(3)14(4)5-6-14/h7-8,11,16H,5-6H2,1-4H3. The number of anilines is 1. The van der Waals surface area contributed by atoms with Crippen LogP contribution in [0.15, 0.2) is 16.6 Å². The van der Waals surface area contributed by atoms with Gasteiger partial charge in [-0.2, -0.15) is 0 Å². The monoisotopic (exact) mass is 281 g/mol. The largest absolute Gasteiger partial charge is 0.382 e. The Kier molecular flexibility index (Phi) is 3.04. The fourth-order valence-electron chi connectivity index (χ4n) is 2.16. The van der Waals surface area contributed by atoms with Crippen molar-refractivity contribution in [3.05, 3.63) is 27.7 Å². The molecule has 1 saturated carbocycles. The third kappa shape index (κ3) is 2.27. The van der Waals surface area contributed by atoms with Crippen LogP contribution < -0.4 is 5.32 Å². The summed E-state index contributed by atoms with van der Waals surface area (Å²) >= 11 is 3.54. The van der Waals surface area contributed by atoms with Gasteiger partial charge in [0.15, 0.2) is 0 Å². The number of nitrogens with one attached hydrogen (secondary N) is 1. The van der Waals surface area contributed by atoms with Crippen molar-refractivity contribution in [2.45, 2.75) is 46.6 Å². The highest BCUT2D eigenvalue weighted by atomic mass is 79.9. The molecular weight excluding hydrogens is 262 g/mol. The highest BCUT2D eigenvalue weighted by molar-refractivity contribution is 9.10. The van der Waals surface area contributed by atoms with E-state index in [1.54, 1.807) is 0 Å². The Hall–Kier alpha value is -0.500. The van der Waals surface area contributed by atoms with Crippen LogP contribution in [0.25, 0.3) is 0 Å². The van der Waals surface area contributed by atoms with E-state index in [0.717, 1.165) is 0 Å². The molecule has 1 aromatic rings. The van der Waals surface area contributed by atoms with Gasteiger partial charge in [-0.05, 0) is 62.3 Å². The van der Waals surface area contributed by atoms with Crippen molar-refractivity contribution in [1.29, 1.82) is 0 Å². The highest BCUT2D eigenvalue weighted by Gasteiger charge is 2.42. The van der Waals surface area contributed by atoms with Crippen molar-refractivity contribution in [3.8, 4) is 0 Å². The number of hydrogen-bond donors (Lipinski definition) is 1. The Labute approximate surface area is 107 Å². The van der Waals surface area contributed by atoms with Crippen molar-refractivity contribution in [1.82, 2.24) is 0 Å². The van der Waals surface area contributed by atoms with E-state index in [4.69, 9.17) is 0 Å². The average Bonchev–Trinajstić information content (AvgIpc) is 2.91. The molecule has 2 rings (SSSR count). The van der Waals surface area contributed by atoms with E-state index in [-0.39, 0.29) is 0 Å². The summed E-state index contributed by atoms with van der Waals surface area (Å²) in [6.45, 7) is 9.01. The predicted molar refractivity (Wildman–Crippen MR) is 74.0 cm³/mol. The summed E-state index contributed by atoms with van der Waals surface area (Å²) in [5.74, 6) is 0. The molecule has 1 aliphatic rings. The zero-order chi connectivity index (χ0) is 11.9. The molecule has 0 aromatic heterocycles. The fraction of sp³-hybridized carbons (Fsp3) is 0.571. The first-order valence-electron chi connectivity index (χ1n) is 5.96. The molecule has 1 N–H and O–H groups in total. The molecule has 1 atom stereocenters. The molecule has 2 heteroatoms. The Morgan fingerprint density at radius 2 is 1.75 bits per heavy atom. The Balaban J connectivity index is 2.21. The lowest BCUT2D eigenvalue weighted by molar-refractivity contribution is 0.493. The molecular formula is C14H20BrN. The van der Waals surface area contributed by atoms with Gasteiger partial charge in [0.1, 0.15) is 0 Å². The molecule has 1 fully saturated rings. The third-order valence-electron chi connectivity index (χ3n) is 3.94. The van der Waals surface area contributed by atoms with E-state index in [1.165, 1.54) is 34.1 Å². The van der Waals surface area contributed by atoms with Crippen molar-refractivity contribution < 1.29 is 0 Å². The molecule has 0 radical (unpaired) electrons. The predicted octanol–water partition coefficient (Wildman–Crippen LogP) is 4.67. The molecule has 16 heavy (non-hydrogen) atoms. The van der Waals surface area contributed by atoms with Gasteiger partial charge < -0.3 is 5.32 Å². The molecule has 0 spiro atoms. The van der Waals surface area contributed by atoms with Crippen LogP contribution in [0.2, 0.25) is 0 Å². The van der Waals surface area contributed by atoms with Crippen LogP contribution in [0.4, 0.5) is 5.69 Å². The van der Waals surface area contributed by atoms with Crippen molar-refractivity contribution >= 4 is 21.6 Å². The zero-order valence-corrected chi connectivity index (χ0v) is 12.1. The Morgan fingerprint density at radius 1 is 1.25 bits per heavy atom. The molecule has 0 amide bonds. The van der Waals surface area contributed by atoms with Crippen LogP contribution in [0, 0.1) is 19.3 Å². The molecule has 1 unspecified atom stereocenters. The van der Waals surface area contributed by atoms with Crippen LogP contribution in [0.3, 0.4) is 0 Å². The summed E-state index contributed by atoms with van der Waals surface area (Å²) in [6.07, 6.45) is 2.71. The zero-order valence-electron chi connectivity index (χ0n) is 10.5. The minimum atomic E-state index is 0.520. The summed E-state index contributed by atoms with van der Waals surface area (Å²) in [6, 6.07) is 4.92. The normalized spacial score (nSPS) is 19.3. The Morgan fingerprint density at radius 3 is 2.19 bits per heavy atom. The smallest absolute Gasteiger partial charge is 0.0402 e. The van der Waals surface area contributed by atoms with Crippen LogP contribution in [0.5, 0.6) is 0 Å². The molecule has 1 nitrogen and oxygen atoms in total. The molecule has 88 valence electrons. The Bertz CT molecular complexity index is 384. The summed E-state index contributed by atoms with van der Waals surface area (Å²) in [4.78, 5) is 0.